The van der Waals surface area contributed by atoms with Gasteiger partial charge < -0.3 is 25.1 Å². The molecule has 144 valence electrons. The Hall–Kier alpha value is -2.64. The second-order valence-electron chi connectivity index (χ2n) is 6.88. The molecule has 1 aliphatic heterocycles. The Bertz CT molecular complexity index is 790. The van der Waals surface area contributed by atoms with Crippen LogP contribution in [-0.4, -0.2) is 38.6 Å². The van der Waals surface area contributed by atoms with Crippen LogP contribution in [0.4, 0.5) is 11.4 Å². The zero-order valence-electron chi connectivity index (χ0n) is 15.6. The number of hydrogen-bond donors (Lipinski definition) is 3. The molecule has 0 saturated carbocycles. The summed E-state index contributed by atoms with van der Waals surface area (Å²) in [6.45, 7) is 3.88. The lowest BCUT2D eigenvalue weighted by Crippen LogP contribution is -2.47. The Morgan fingerprint density at radius 2 is 2.00 bits per heavy atom. The topological polar surface area (TPSA) is 92.6 Å². The van der Waals surface area contributed by atoms with Gasteiger partial charge in [-0.25, -0.2) is 0 Å². The van der Waals surface area contributed by atoms with E-state index in [2.05, 4.69) is 16.0 Å². The van der Waals surface area contributed by atoms with E-state index in [0.717, 1.165) is 31.5 Å². The van der Waals surface area contributed by atoms with Gasteiger partial charge in [0.05, 0.1) is 18.3 Å². The third-order valence-electron chi connectivity index (χ3n) is 4.94. The van der Waals surface area contributed by atoms with Crippen LogP contribution in [0.2, 0.25) is 0 Å². The highest BCUT2D eigenvalue weighted by Crippen LogP contribution is 2.31. The number of benzene rings is 1. The average molecular weight is 371 g/mol. The van der Waals surface area contributed by atoms with Crippen molar-refractivity contribution in [1.82, 2.24) is 5.32 Å². The van der Waals surface area contributed by atoms with Gasteiger partial charge in [0.25, 0.3) is 5.91 Å². The molecule has 3 rings (SSSR count). The number of nitrogens with one attached hydrogen (secondary N) is 3. The summed E-state index contributed by atoms with van der Waals surface area (Å²) in [7, 11) is 1.62. The molecule has 0 atom stereocenters. The van der Waals surface area contributed by atoms with Gasteiger partial charge in [0.15, 0.2) is 5.76 Å². The lowest BCUT2D eigenvalue weighted by atomic mass is 9.78. The Morgan fingerprint density at radius 1 is 1.22 bits per heavy atom. The Labute approximate surface area is 158 Å². The van der Waals surface area contributed by atoms with Gasteiger partial charge in [0, 0.05) is 18.5 Å². The lowest BCUT2D eigenvalue weighted by molar-refractivity contribution is -0.130. The summed E-state index contributed by atoms with van der Waals surface area (Å²) < 4.78 is 10.4. The first kappa shape index (κ1) is 19.1. The van der Waals surface area contributed by atoms with Crippen molar-refractivity contribution in [1.29, 1.82) is 0 Å². The van der Waals surface area contributed by atoms with E-state index in [9.17, 15) is 9.59 Å². The first-order chi connectivity index (χ1) is 13.0. The zero-order chi connectivity index (χ0) is 19.3. The van der Waals surface area contributed by atoms with Crippen molar-refractivity contribution in [2.75, 3.05) is 37.4 Å². The molecule has 1 aliphatic rings. The maximum absolute atomic E-state index is 12.9. The molecule has 1 aromatic carbocycles. The van der Waals surface area contributed by atoms with Crippen molar-refractivity contribution in [2.24, 2.45) is 5.41 Å². The molecule has 7 heteroatoms. The van der Waals surface area contributed by atoms with E-state index in [1.807, 2.05) is 13.0 Å². The van der Waals surface area contributed by atoms with Gasteiger partial charge in [-0.15, -0.1) is 0 Å². The van der Waals surface area contributed by atoms with E-state index in [1.54, 1.807) is 31.4 Å². The van der Waals surface area contributed by atoms with E-state index in [-0.39, 0.29) is 17.6 Å². The van der Waals surface area contributed by atoms with Crippen molar-refractivity contribution in [2.45, 2.75) is 19.8 Å². The number of carbonyl (C=O) groups is 2. The predicted octanol–water partition coefficient (Wildman–Crippen LogP) is 2.80. The van der Waals surface area contributed by atoms with E-state index in [0.29, 0.717) is 18.0 Å². The maximum Gasteiger partial charge on any atom is 0.291 e. The quantitative estimate of drug-likeness (QED) is 0.726. The molecule has 1 saturated heterocycles. The zero-order valence-corrected chi connectivity index (χ0v) is 15.6. The molecular formula is C20H25N3O4. The lowest BCUT2D eigenvalue weighted by Gasteiger charge is -2.35. The van der Waals surface area contributed by atoms with Crippen LogP contribution in [0.15, 0.2) is 41.0 Å². The predicted molar refractivity (Wildman–Crippen MR) is 103 cm³/mol. The molecule has 2 amide bonds. The van der Waals surface area contributed by atoms with Crippen LogP contribution in [0.3, 0.4) is 0 Å². The second kappa shape index (κ2) is 8.37. The highest BCUT2D eigenvalue weighted by molar-refractivity contribution is 6.03. The fraction of sp³-hybridized carbons (Fsp3) is 0.400. The average Bonchev–Trinajstić information content (AvgIpc) is 3.20. The molecule has 0 unspecified atom stereocenters. The summed E-state index contributed by atoms with van der Waals surface area (Å²) in [6.07, 6.45) is 2.93. The van der Waals surface area contributed by atoms with Gasteiger partial charge in [-0.05, 0) is 68.8 Å². The smallest absolute Gasteiger partial charge is 0.291 e. The van der Waals surface area contributed by atoms with E-state index >= 15 is 0 Å². The van der Waals surface area contributed by atoms with Crippen molar-refractivity contribution < 1.29 is 18.7 Å². The number of amides is 2. The summed E-state index contributed by atoms with van der Waals surface area (Å²) in [4.78, 5) is 25.0. The standard InChI is InChI=1S/C20H25N3O4/c1-14-12-15(5-6-16(14)23-18(24)17-4-3-11-27-17)22-19(25)20(13-26-2)7-9-21-10-8-20/h3-6,11-12,21H,7-10,13H2,1-2H3,(H,22,25)(H,23,24). The SMILES string of the molecule is COCC1(C(=O)Nc2ccc(NC(=O)c3ccco3)c(C)c2)CCNCC1. The molecule has 3 N–H and O–H groups in total. The normalized spacial score (nSPS) is 15.9. The summed E-state index contributed by atoms with van der Waals surface area (Å²) >= 11 is 0. The summed E-state index contributed by atoms with van der Waals surface area (Å²) in [6, 6.07) is 8.67. The Balaban J connectivity index is 1.69. The Kier molecular flexibility index (Phi) is 5.93. The number of carbonyl (C=O) groups excluding carboxylic acids is 2. The molecule has 27 heavy (non-hydrogen) atoms. The van der Waals surface area contributed by atoms with Crippen LogP contribution in [0.5, 0.6) is 0 Å². The summed E-state index contributed by atoms with van der Waals surface area (Å²) in [5.41, 5.74) is 1.70. The van der Waals surface area contributed by atoms with Crippen LogP contribution in [0.25, 0.3) is 0 Å². The van der Waals surface area contributed by atoms with Crippen LogP contribution in [-0.2, 0) is 9.53 Å². The van der Waals surface area contributed by atoms with Gasteiger partial charge in [-0.2, -0.15) is 0 Å². The van der Waals surface area contributed by atoms with Gasteiger partial charge in [0.2, 0.25) is 5.91 Å². The van der Waals surface area contributed by atoms with Crippen LogP contribution < -0.4 is 16.0 Å². The number of rotatable bonds is 6. The molecule has 1 aromatic heterocycles. The van der Waals surface area contributed by atoms with Crippen molar-refractivity contribution in [3.05, 3.63) is 47.9 Å². The second-order valence-corrected chi connectivity index (χ2v) is 6.88. The molecule has 2 heterocycles. The number of furan rings is 1. The van der Waals surface area contributed by atoms with Crippen molar-refractivity contribution in [3.63, 3.8) is 0 Å². The first-order valence-electron chi connectivity index (χ1n) is 9.01. The Morgan fingerprint density at radius 3 is 2.63 bits per heavy atom. The van der Waals surface area contributed by atoms with Crippen molar-refractivity contribution in [3.8, 4) is 0 Å². The molecule has 1 fully saturated rings. The monoisotopic (exact) mass is 371 g/mol. The van der Waals surface area contributed by atoms with Gasteiger partial charge in [0.1, 0.15) is 0 Å². The minimum atomic E-state index is -0.514. The highest BCUT2D eigenvalue weighted by Gasteiger charge is 2.39. The number of hydrogen-bond acceptors (Lipinski definition) is 5. The minimum absolute atomic E-state index is 0.0300. The van der Waals surface area contributed by atoms with Gasteiger partial charge in [-0.3, -0.25) is 9.59 Å². The maximum atomic E-state index is 12.9. The van der Waals surface area contributed by atoms with Crippen molar-refractivity contribution >= 4 is 23.2 Å². The van der Waals surface area contributed by atoms with Crippen LogP contribution in [0, 0.1) is 12.3 Å². The number of anilines is 2. The number of methoxy groups -OCH3 is 1. The van der Waals surface area contributed by atoms with E-state index in [1.165, 1.54) is 6.26 Å². The summed E-state index contributed by atoms with van der Waals surface area (Å²) in [5, 5.41) is 9.10. The molecule has 7 nitrogen and oxygen atoms in total. The first-order valence-corrected chi connectivity index (χ1v) is 9.01. The number of aryl methyl sites for hydroxylation is 1. The molecule has 0 spiro atoms. The third kappa shape index (κ3) is 4.37. The summed E-state index contributed by atoms with van der Waals surface area (Å²) in [5.74, 6) is -0.0922. The number of ether oxygens (including phenoxy) is 1. The van der Waals surface area contributed by atoms with Crippen LogP contribution in [0.1, 0.15) is 29.0 Å². The van der Waals surface area contributed by atoms with Gasteiger partial charge in [-0.1, -0.05) is 0 Å². The van der Waals surface area contributed by atoms with E-state index < -0.39 is 5.41 Å². The molecule has 0 radical (unpaired) electrons. The third-order valence-corrected chi connectivity index (χ3v) is 4.94. The fourth-order valence-corrected chi connectivity index (χ4v) is 3.36. The molecule has 0 aliphatic carbocycles. The molecule has 2 aromatic rings. The molecular weight excluding hydrogens is 346 g/mol. The minimum Gasteiger partial charge on any atom is -0.459 e. The highest BCUT2D eigenvalue weighted by atomic mass is 16.5. The fourth-order valence-electron chi connectivity index (χ4n) is 3.36. The van der Waals surface area contributed by atoms with Gasteiger partial charge >= 0.3 is 0 Å². The van der Waals surface area contributed by atoms with E-state index in [4.69, 9.17) is 9.15 Å². The number of piperidine rings is 1. The molecule has 0 bridgehead atoms. The largest absolute Gasteiger partial charge is 0.459 e. The van der Waals surface area contributed by atoms with Crippen LogP contribution >= 0.6 is 0 Å².